The highest BCUT2D eigenvalue weighted by molar-refractivity contribution is 5.91. The van der Waals surface area contributed by atoms with Crippen LogP contribution < -0.4 is 0 Å². The van der Waals surface area contributed by atoms with Gasteiger partial charge in [-0.05, 0) is 75.0 Å². The van der Waals surface area contributed by atoms with Crippen molar-refractivity contribution in [3.05, 3.63) is 0 Å². The van der Waals surface area contributed by atoms with Crippen molar-refractivity contribution in [2.45, 2.75) is 63.6 Å². The van der Waals surface area contributed by atoms with Crippen LogP contribution in [-0.4, -0.2) is 30.6 Å². The largest absolute Gasteiger partial charge is 0.465 e. The Bertz CT molecular complexity index is 605. The average molecular weight is 330 g/mol. The fraction of sp³-hybridized carbons (Fsp3) is 0.900. The molecule has 6 fully saturated rings. The molecule has 0 radical (unpaired) electrons. The SMILES string of the molecule is O=C(OCCC12CCC(CC1)C2=O)C1CC2CC1C1CC3OC3C21. The molecular formula is C20H26O4. The summed E-state index contributed by atoms with van der Waals surface area (Å²) in [4.78, 5) is 25.0. The van der Waals surface area contributed by atoms with Gasteiger partial charge < -0.3 is 9.47 Å². The van der Waals surface area contributed by atoms with E-state index >= 15 is 0 Å². The molecule has 0 amide bonds. The van der Waals surface area contributed by atoms with Crippen molar-refractivity contribution in [1.29, 1.82) is 0 Å². The molecule has 7 atom stereocenters. The highest BCUT2D eigenvalue weighted by Crippen LogP contribution is 2.66. The third-order valence-corrected chi connectivity index (χ3v) is 8.71. The summed E-state index contributed by atoms with van der Waals surface area (Å²) in [6.07, 6.45) is 9.39. The molecule has 4 heteroatoms. The summed E-state index contributed by atoms with van der Waals surface area (Å²) in [5.74, 6) is 3.64. The Kier molecular flexibility index (Phi) is 2.76. The molecule has 0 N–H and O–H groups in total. The maximum atomic E-state index is 12.6. The number of carbonyl (C=O) groups excluding carboxylic acids is 2. The van der Waals surface area contributed by atoms with Crippen LogP contribution in [0.15, 0.2) is 0 Å². The Morgan fingerprint density at radius 2 is 2.00 bits per heavy atom. The minimum atomic E-state index is -0.130. The molecule has 24 heavy (non-hydrogen) atoms. The summed E-state index contributed by atoms with van der Waals surface area (Å²) >= 11 is 0. The Morgan fingerprint density at radius 1 is 1.17 bits per heavy atom. The van der Waals surface area contributed by atoms with Gasteiger partial charge in [0, 0.05) is 11.3 Å². The Morgan fingerprint density at radius 3 is 2.75 bits per heavy atom. The summed E-state index contributed by atoms with van der Waals surface area (Å²) < 4.78 is 11.4. The van der Waals surface area contributed by atoms with E-state index in [1.165, 1.54) is 12.8 Å². The van der Waals surface area contributed by atoms with Crippen LogP contribution in [0.4, 0.5) is 0 Å². The van der Waals surface area contributed by atoms with E-state index in [9.17, 15) is 9.59 Å². The van der Waals surface area contributed by atoms with E-state index < -0.39 is 0 Å². The predicted octanol–water partition coefficient (Wildman–Crippen LogP) is 2.74. The molecule has 4 nitrogen and oxygen atoms in total. The lowest BCUT2D eigenvalue weighted by Gasteiger charge is -2.31. The van der Waals surface area contributed by atoms with E-state index in [4.69, 9.17) is 9.47 Å². The first-order valence-corrected chi connectivity index (χ1v) is 10.0. The van der Waals surface area contributed by atoms with Gasteiger partial charge in [0.1, 0.15) is 5.78 Å². The zero-order valence-electron chi connectivity index (χ0n) is 14.1. The number of hydrogen-bond donors (Lipinski definition) is 0. The van der Waals surface area contributed by atoms with Gasteiger partial charge in [0.2, 0.25) is 0 Å². The number of rotatable bonds is 4. The molecule has 4 bridgehead atoms. The van der Waals surface area contributed by atoms with Crippen LogP contribution >= 0.6 is 0 Å². The van der Waals surface area contributed by atoms with Crippen LogP contribution in [0.2, 0.25) is 0 Å². The topological polar surface area (TPSA) is 55.9 Å². The molecule has 0 aromatic carbocycles. The molecule has 0 aromatic rings. The molecule has 5 aliphatic carbocycles. The van der Waals surface area contributed by atoms with Gasteiger partial charge in [-0.15, -0.1) is 0 Å². The number of epoxide rings is 1. The Hall–Kier alpha value is -0.900. The molecule has 130 valence electrons. The summed E-state index contributed by atoms with van der Waals surface area (Å²) in [6, 6.07) is 0. The van der Waals surface area contributed by atoms with Gasteiger partial charge in [-0.2, -0.15) is 0 Å². The van der Waals surface area contributed by atoms with Crippen LogP contribution in [0.5, 0.6) is 0 Å². The monoisotopic (exact) mass is 330 g/mol. The zero-order chi connectivity index (χ0) is 16.1. The fourth-order valence-electron chi connectivity index (χ4n) is 7.54. The fourth-order valence-corrected chi connectivity index (χ4v) is 7.54. The molecule has 0 aromatic heterocycles. The number of Topliss-reactive ketones (excluding diaryl/α,β-unsaturated/α-hetero) is 1. The highest BCUT2D eigenvalue weighted by Gasteiger charge is 2.67. The smallest absolute Gasteiger partial charge is 0.309 e. The molecule has 0 spiro atoms. The standard InChI is InChI=1S/C20H26O4/c21-18-10-1-3-20(18,4-2-10)5-6-23-19(22)14-8-11-7-12(14)13-9-15-17(24-15)16(11)13/h10-17H,1-9H2. The van der Waals surface area contributed by atoms with Gasteiger partial charge in [-0.25, -0.2) is 0 Å². The van der Waals surface area contributed by atoms with E-state index in [-0.39, 0.29) is 17.3 Å². The molecule has 1 aliphatic heterocycles. The number of hydrogen-bond acceptors (Lipinski definition) is 4. The minimum Gasteiger partial charge on any atom is -0.465 e. The van der Waals surface area contributed by atoms with Gasteiger partial charge in [0.15, 0.2) is 0 Å². The third kappa shape index (κ3) is 1.73. The zero-order valence-corrected chi connectivity index (χ0v) is 14.1. The van der Waals surface area contributed by atoms with Crippen molar-refractivity contribution in [3.8, 4) is 0 Å². The van der Waals surface area contributed by atoms with Crippen LogP contribution in [0, 0.1) is 40.9 Å². The van der Waals surface area contributed by atoms with Crippen LogP contribution in [0.3, 0.4) is 0 Å². The normalized spacial score (nSPS) is 55.8. The van der Waals surface area contributed by atoms with Gasteiger partial charge in [-0.3, -0.25) is 9.59 Å². The highest BCUT2D eigenvalue weighted by atomic mass is 16.6. The Labute approximate surface area is 142 Å². The van der Waals surface area contributed by atoms with Crippen molar-refractivity contribution in [3.63, 3.8) is 0 Å². The average Bonchev–Trinajstić information content (AvgIpc) is 3.02. The van der Waals surface area contributed by atoms with Gasteiger partial charge >= 0.3 is 5.97 Å². The van der Waals surface area contributed by atoms with Crippen molar-refractivity contribution in [1.82, 2.24) is 0 Å². The van der Waals surface area contributed by atoms with E-state index in [2.05, 4.69) is 0 Å². The second kappa shape index (κ2) is 4.63. The van der Waals surface area contributed by atoms with Crippen molar-refractivity contribution >= 4 is 11.8 Å². The maximum absolute atomic E-state index is 12.6. The minimum absolute atomic E-state index is 0.0267. The number of ketones is 1. The van der Waals surface area contributed by atoms with Gasteiger partial charge in [0.05, 0.1) is 24.7 Å². The van der Waals surface area contributed by atoms with E-state index in [0.29, 0.717) is 42.4 Å². The first kappa shape index (κ1) is 14.3. The predicted molar refractivity (Wildman–Crippen MR) is 84.9 cm³/mol. The Balaban J connectivity index is 1.07. The summed E-state index contributed by atoms with van der Waals surface area (Å²) in [6.45, 7) is 0.452. The maximum Gasteiger partial charge on any atom is 0.309 e. The molecule has 7 unspecified atom stereocenters. The number of esters is 1. The molecule has 1 heterocycles. The van der Waals surface area contributed by atoms with E-state index in [1.807, 2.05) is 0 Å². The third-order valence-electron chi connectivity index (χ3n) is 8.71. The van der Waals surface area contributed by atoms with Crippen LogP contribution in [-0.2, 0) is 19.1 Å². The van der Waals surface area contributed by atoms with Crippen LogP contribution in [0.25, 0.3) is 0 Å². The lowest BCUT2D eigenvalue weighted by atomic mass is 9.75. The number of ether oxygens (including phenoxy) is 2. The molecule has 5 saturated carbocycles. The van der Waals surface area contributed by atoms with E-state index in [0.717, 1.165) is 50.4 Å². The number of carbonyl (C=O) groups is 2. The van der Waals surface area contributed by atoms with Gasteiger partial charge in [-0.1, -0.05) is 0 Å². The molecular weight excluding hydrogens is 304 g/mol. The molecule has 6 rings (SSSR count). The van der Waals surface area contributed by atoms with Crippen molar-refractivity contribution in [2.75, 3.05) is 6.61 Å². The van der Waals surface area contributed by atoms with E-state index in [1.54, 1.807) is 0 Å². The first-order chi connectivity index (χ1) is 11.7. The summed E-state index contributed by atoms with van der Waals surface area (Å²) in [5, 5.41) is 0. The van der Waals surface area contributed by atoms with Crippen molar-refractivity contribution in [2.24, 2.45) is 40.9 Å². The second-order valence-corrected chi connectivity index (χ2v) is 9.45. The number of fused-ring (bicyclic) bond motifs is 9. The lowest BCUT2D eigenvalue weighted by Crippen LogP contribution is -2.34. The quantitative estimate of drug-likeness (QED) is 0.587. The molecule has 6 aliphatic rings. The summed E-state index contributed by atoms with van der Waals surface area (Å²) in [7, 11) is 0. The second-order valence-electron chi connectivity index (χ2n) is 9.45. The molecule has 1 saturated heterocycles. The van der Waals surface area contributed by atoms with Gasteiger partial charge in [0.25, 0.3) is 0 Å². The van der Waals surface area contributed by atoms with Crippen molar-refractivity contribution < 1.29 is 19.1 Å². The first-order valence-electron chi connectivity index (χ1n) is 10.0. The summed E-state index contributed by atoms with van der Waals surface area (Å²) in [5.41, 5.74) is -0.130. The lowest BCUT2D eigenvalue weighted by molar-refractivity contribution is -0.153. The van der Waals surface area contributed by atoms with Crippen LogP contribution in [0.1, 0.15) is 51.4 Å².